The molecule has 0 aromatic rings. The average Bonchev–Trinajstić information content (AvgIpc) is 2.14. The second kappa shape index (κ2) is 8.38. The van der Waals surface area contributed by atoms with Crippen LogP contribution in [0.1, 0.15) is 19.8 Å². The summed E-state index contributed by atoms with van der Waals surface area (Å²) in [5.74, 6) is 1.19. The van der Waals surface area contributed by atoms with Crippen LogP contribution >= 0.6 is 11.8 Å². The molecule has 0 aromatic carbocycles. The van der Waals surface area contributed by atoms with E-state index in [1.165, 1.54) is 0 Å². The van der Waals surface area contributed by atoms with Gasteiger partial charge in [0.1, 0.15) is 0 Å². The molecule has 78 valence electrons. The van der Waals surface area contributed by atoms with Gasteiger partial charge in [-0.1, -0.05) is 6.92 Å². The summed E-state index contributed by atoms with van der Waals surface area (Å²) in [6, 6.07) is 0. The first-order valence-corrected chi connectivity index (χ1v) is 6.12. The van der Waals surface area contributed by atoms with Gasteiger partial charge in [0.25, 0.3) is 0 Å². The number of amides is 1. The molecule has 0 rings (SSSR count). The van der Waals surface area contributed by atoms with Crippen LogP contribution in [0.5, 0.6) is 0 Å². The van der Waals surface area contributed by atoms with Crippen molar-refractivity contribution in [1.29, 1.82) is 0 Å². The number of hydrogen-bond acceptors (Lipinski definition) is 3. The Labute approximate surface area is 84.8 Å². The van der Waals surface area contributed by atoms with Crippen molar-refractivity contribution in [3.63, 3.8) is 0 Å². The molecule has 3 N–H and O–H groups in total. The zero-order valence-electron chi connectivity index (χ0n) is 8.51. The van der Waals surface area contributed by atoms with Gasteiger partial charge in [-0.2, -0.15) is 11.8 Å². The predicted octanol–water partition coefficient (Wildman–Crippen LogP) is 0.841. The van der Waals surface area contributed by atoms with Gasteiger partial charge in [0, 0.05) is 19.0 Å². The molecule has 0 fully saturated rings. The van der Waals surface area contributed by atoms with Crippen molar-refractivity contribution in [2.24, 2.45) is 11.7 Å². The Hall–Kier alpha value is -0.220. The molecule has 0 saturated carbocycles. The van der Waals surface area contributed by atoms with E-state index in [1.54, 1.807) is 11.8 Å². The fraction of sp³-hybridized carbons (Fsp3) is 0.889. The Kier molecular flexibility index (Phi) is 8.24. The third-order valence-electron chi connectivity index (χ3n) is 1.97. The Morgan fingerprint density at radius 2 is 2.31 bits per heavy atom. The van der Waals surface area contributed by atoms with Gasteiger partial charge in [0.05, 0.1) is 0 Å². The summed E-state index contributed by atoms with van der Waals surface area (Å²) < 4.78 is 0. The number of nitrogens with one attached hydrogen (secondary N) is 1. The third kappa shape index (κ3) is 5.93. The minimum atomic E-state index is -0.00530. The lowest BCUT2D eigenvalue weighted by molar-refractivity contribution is -0.124. The maximum atomic E-state index is 11.4. The van der Waals surface area contributed by atoms with E-state index in [1.807, 2.05) is 6.92 Å². The molecule has 0 radical (unpaired) electrons. The number of carbonyl (C=O) groups excluding carboxylic acids is 1. The SMILES string of the molecule is CCC(CN)C(=O)NCCCSC. The van der Waals surface area contributed by atoms with Crippen LogP contribution in [-0.2, 0) is 4.79 Å². The van der Waals surface area contributed by atoms with Crippen molar-refractivity contribution >= 4 is 17.7 Å². The molecule has 0 spiro atoms. The summed E-state index contributed by atoms with van der Waals surface area (Å²) >= 11 is 1.80. The second-order valence-corrected chi connectivity index (χ2v) is 3.96. The monoisotopic (exact) mass is 204 g/mol. The lowest BCUT2D eigenvalue weighted by Crippen LogP contribution is -2.35. The number of hydrogen-bond donors (Lipinski definition) is 2. The van der Waals surface area contributed by atoms with Crippen LogP contribution < -0.4 is 11.1 Å². The topological polar surface area (TPSA) is 55.1 Å². The molecule has 0 aliphatic carbocycles. The molecular formula is C9H20N2OS. The molecule has 0 aromatic heterocycles. The smallest absolute Gasteiger partial charge is 0.224 e. The molecule has 0 saturated heterocycles. The van der Waals surface area contributed by atoms with Gasteiger partial charge in [0.15, 0.2) is 0 Å². The largest absolute Gasteiger partial charge is 0.356 e. The van der Waals surface area contributed by atoms with Crippen LogP contribution in [-0.4, -0.2) is 31.0 Å². The summed E-state index contributed by atoms with van der Waals surface area (Å²) in [5, 5.41) is 2.89. The van der Waals surface area contributed by atoms with E-state index in [2.05, 4.69) is 11.6 Å². The summed E-state index contributed by atoms with van der Waals surface area (Å²) in [7, 11) is 0. The Balaban J connectivity index is 3.48. The number of nitrogens with two attached hydrogens (primary N) is 1. The van der Waals surface area contributed by atoms with Crippen LogP contribution in [0, 0.1) is 5.92 Å². The highest BCUT2D eigenvalue weighted by atomic mass is 32.2. The first-order chi connectivity index (χ1) is 6.26. The van der Waals surface area contributed by atoms with Gasteiger partial charge in [0.2, 0.25) is 5.91 Å². The van der Waals surface area contributed by atoms with Crippen molar-refractivity contribution in [2.45, 2.75) is 19.8 Å². The quantitative estimate of drug-likeness (QED) is 0.604. The van der Waals surface area contributed by atoms with E-state index in [0.717, 1.165) is 25.1 Å². The van der Waals surface area contributed by atoms with E-state index < -0.39 is 0 Å². The van der Waals surface area contributed by atoms with E-state index >= 15 is 0 Å². The minimum absolute atomic E-state index is 0.00530. The van der Waals surface area contributed by atoms with Crippen molar-refractivity contribution in [3.05, 3.63) is 0 Å². The van der Waals surface area contributed by atoms with Crippen LogP contribution in [0.2, 0.25) is 0 Å². The van der Waals surface area contributed by atoms with Crippen molar-refractivity contribution in [1.82, 2.24) is 5.32 Å². The van der Waals surface area contributed by atoms with Crippen LogP contribution in [0.15, 0.2) is 0 Å². The fourth-order valence-corrected chi connectivity index (χ4v) is 1.46. The van der Waals surface area contributed by atoms with Crippen LogP contribution in [0.25, 0.3) is 0 Å². The summed E-state index contributed by atoms with van der Waals surface area (Å²) in [4.78, 5) is 11.4. The lowest BCUT2D eigenvalue weighted by Gasteiger charge is -2.11. The molecule has 1 atom stereocenters. The molecule has 0 heterocycles. The summed E-state index contributed by atoms with van der Waals surface area (Å²) in [6.45, 7) is 3.21. The zero-order valence-corrected chi connectivity index (χ0v) is 9.32. The number of rotatable bonds is 7. The maximum absolute atomic E-state index is 11.4. The summed E-state index contributed by atoms with van der Waals surface area (Å²) in [5.41, 5.74) is 5.45. The maximum Gasteiger partial charge on any atom is 0.224 e. The van der Waals surface area contributed by atoms with Gasteiger partial charge in [-0.05, 0) is 24.9 Å². The fourth-order valence-electron chi connectivity index (χ4n) is 1.03. The van der Waals surface area contributed by atoms with E-state index in [9.17, 15) is 4.79 Å². The van der Waals surface area contributed by atoms with E-state index in [0.29, 0.717) is 6.54 Å². The molecule has 1 unspecified atom stereocenters. The van der Waals surface area contributed by atoms with Crippen molar-refractivity contribution < 1.29 is 4.79 Å². The van der Waals surface area contributed by atoms with Gasteiger partial charge in [-0.15, -0.1) is 0 Å². The molecule has 0 aliphatic heterocycles. The number of carbonyl (C=O) groups is 1. The standard InChI is InChI=1S/C9H20N2OS/c1-3-8(7-10)9(12)11-5-4-6-13-2/h8H,3-7,10H2,1-2H3,(H,11,12). The van der Waals surface area contributed by atoms with E-state index in [-0.39, 0.29) is 11.8 Å². The Bertz CT molecular complexity index is 138. The first kappa shape index (κ1) is 12.8. The van der Waals surface area contributed by atoms with Gasteiger partial charge < -0.3 is 11.1 Å². The summed E-state index contributed by atoms with van der Waals surface area (Å²) in [6.07, 6.45) is 3.93. The molecule has 0 bridgehead atoms. The molecule has 13 heavy (non-hydrogen) atoms. The predicted molar refractivity (Wildman–Crippen MR) is 58.8 cm³/mol. The van der Waals surface area contributed by atoms with Crippen molar-refractivity contribution in [3.8, 4) is 0 Å². The molecule has 3 nitrogen and oxygen atoms in total. The van der Waals surface area contributed by atoms with Crippen LogP contribution in [0.4, 0.5) is 0 Å². The first-order valence-electron chi connectivity index (χ1n) is 4.73. The second-order valence-electron chi connectivity index (χ2n) is 2.98. The lowest BCUT2D eigenvalue weighted by atomic mass is 10.1. The highest BCUT2D eigenvalue weighted by Gasteiger charge is 2.12. The Morgan fingerprint density at radius 3 is 2.77 bits per heavy atom. The Morgan fingerprint density at radius 1 is 1.62 bits per heavy atom. The third-order valence-corrected chi connectivity index (χ3v) is 2.67. The highest BCUT2D eigenvalue weighted by molar-refractivity contribution is 7.98. The normalized spacial score (nSPS) is 12.5. The van der Waals surface area contributed by atoms with Crippen molar-refractivity contribution in [2.75, 3.05) is 25.1 Å². The molecule has 4 heteroatoms. The number of thioether (sulfide) groups is 1. The zero-order chi connectivity index (χ0) is 10.1. The van der Waals surface area contributed by atoms with Gasteiger partial charge >= 0.3 is 0 Å². The average molecular weight is 204 g/mol. The molecular weight excluding hydrogens is 184 g/mol. The highest BCUT2D eigenvalue weighted by Crippen LogP contribution is 2.00. The van der Waals surface area contributed by atoms with Gasteiger partial charge in [-0.3, -0.25) is 4.79 Å². The van der Waals surface area contributed by atoms with Crippen LogP contribution in [0.3, 0.4) is 0 Å². The molecule has 1 amide bonds. The van der Waals surface area contributed by atoms with Gasteiger partial charge in [-0.25, -0.2) is 0 Å². The van der Waals surface area contributed by atoms with E-state index in [4.69, 9.17) is 5.73 Å². The molecule has 0 aliphatic rings. The minimum Gasteiger partial charge on any atom is -0.356 e.